The van der Waals surface area contributed by atoms with Gasteiger partial charge in [0.2, 0.25) is 11.9 Å². The van der Waals surface area contributed by atoms with Gasteiger partial charge in [-0.15, -0.1) is 0 Å². The maximum absolute atomic E-state index is 13.2. The Bertz CT molecular complexity index is 1350. The van der Waals surface area contributed by atoms with Crippen LogP contribution in [0.5, 0.6) is 0 Å². The largest absolute Gasteiger partial charge is 0.416 e. The molecule has 38 heavy (non-hydrogen) atoms. The molecule has 1 atom stereocenters. The van der Waals surface area contributed by atoms with E-state index >= 15 is 0 Å². The molecule has 1 fully saturated rings. The molecule has 0 spiro atoms. The molecule has 1 aromatic heterocycles. The summed E-state index contributed by atoms with van der Waals surface area (Å²) in [5, 5.41) is 12.2. The number of aromatic nitrogens is 2. The molecule has 1 aliphatic rings. The Hall–Kier alpha value is -3.70. The molecule has 0 unspecified atom stereocenters. The Morgan fingerprint density at radius 2 is 2.00 bits per heavy atom. The van der Waals surface area contributed by atoms with Gasteiger partial charge >= 0.3 is 6.18 Å². The fraction of sp³-hybridized carbons (Fsp3) is 0.370. The van der Waals surface area contributed by atoms with Gasteiger partial charge in [0.1, 0.15) is 0 Å². The van der Waals surface area contributed by atoms with E-state index in [1.807, 2.05) is 23.6 Å². The second kappa shape index (κ2) is 11.4. The number of carbonyl (C=O) groups excluding carboxylic acids is 2. The first-order valence-electron chi connectivity index (χ1n) is 12.3. The standard InChI is InChI=1S/C27H30F3N5O3/c1-33(2)12-5-9-24(37)34-13-4-8-21(16-34)35-23-11-10-18(17-36)14-22(23)31-26(35)32-25(38)19-6-3-7-20(15-19)27(28,29)30/h3,5-7,9-11,14-15,21,36H,4,8,12-13,16-17H2,1-2H3,(H,31,32,38)/t21-/m1/s1. The predicted molar refractivity (Wildman–Crippen MR) is 138 cm³/mol. The van der Waals surface area contributed by atoms with E-state index in [-0.39, 0.29) is 30.1 Å². The van der Waals surface area contributed by atoms with Crippen molar-refractivity contribution in [1.82, 2.24) is 19.4 Å². The van der Waals surface area contributed by atoms with Gasteiger partial charge in [0.25, 0.3) is 5.91 Å². The third-order valence-corrected chi connectivity index (χ3v) is 6.42. The van der Waals surface area contributed by atoms with Crippen molar-refractivity contribution in [2.24, 2.45) is 0 Å². The summed E-state index contributed by atoms with van der Waals surface area (Å²) in [5.74, 6) is -0.677. The summed E-state index contributed by atoms with van der Waals surface area (Å²) in [5.41, 5.74) is 0.759. The van der Waals surface area contributed by atoms with Gasteiger partial charge in [0, 0.05) is 31.3 Å². The summed E-state index contributed by atoms with van der Waals surface area (Å²) >= 11 is 0. The SMILES string of the molecule is CN(C)CC=CC(=O)N1CCC[C@@H](n2c(NC(=O)c3cccc(C(F)(F)F)c3)nc3cc(CO)ccc32)C1. The first-order valence-corrected chi connectivity index (χ1v) is 12.3. The van der Waals surface area contributed by atoms with Crippen LogP contribution in [0.25, 0.3) is 11.0 Å². The van der Waals surface area contributed by atoms with E-state index in [9.17, 15) is 27.9 Å². The minimum Gasteiger partial charge on any atom is -0.392 e. The number of fused-ring (bicyclic) bond motifs is 1. The second-order valence-electron chi connectivity index (χ2n) is 9.56. The van der Waals surface area contributed by atoms with Gasteiger partial charge in [-0.2, -0.15) is 13.2 Å². The van der Waals surface area contributed by atoms with Crippen molar-refractivity contribution in [2.75, 3.05) is 39.0 Å². The van der Waals surface area contributed by atoms with E-state index in [2.05, 4.69) is 10.3 Å². The highest BCUT2D eigenvalue weighted by atomic mass is 19.4. The minimum atomic E-state index is -4.58. The van der Waals surface area contributed by atoms with Crippen LogP contribution < -0.4 is 5.32 Å². The zero-order valence-corrected chi connectivity index (χ0v) is 21.2. The van der Waals surface area contributed by atoms with Gasteiger partial charge in [-0.3, -0.25) is 14.9 Å². The van der Waals surface area contributed by atoms with Gasteiger partial charge in [0.15, 0.2) is 0 Å². The van der Waals surface area contributed by atoms with Crippen LogP contribution in [-0.4, -0.2) is 70.0 Å². The summed E-state index contributed by atoms with van der Waals surface area (Å²) in [6, 6.07) is 9.19. The predicted octanol–water partition coefficient (Wildman–Crippen LogP) is 4.08. The van der Waals surface area contributed by atoms with Crippen molar-refractivity contribution < 1.29 is 27.9 Å². The first kappa shape index (κ1) is 27.3. The first-order chi connectivity index (χ1) is 18.1. The summed E-state index contributed by atoms with van der Waals surface area (Å²) in [4.78, 5) is 34.1. The lowest BCUT2D eigenvalue weighted by Crippen LogP contribution is -2.40. The van der Waals surface area contributed by atoms with Crippen molar-refractivity contribution in [3.8, 4) is 0 Å². The smallest absolute Gasteiger partial charge is 0.392 e. The van der Waals surface area contributed by atoms with Crippen molar-refractivity contribution in [3.05, 3.63) is 71.3 Å². The van der Waals surface area contributed by atoms with Crippen LogP contribution >= 0.6 is 0 Å². The lowest BCUT2D eigenvalue weighted by atomic mass is 10.0. The average Bonchev–Trinajstić information content (AvgIpc) is 3.24. The van der Waals surface area contributed by atoms with Crippen LogP contribution in [-0.2, 0) is 17.6 Å². The Balaban J connectivity index is 1.66. The van der Waals surface area contributed by atoms with Crippen molar-refractivity contribution >= 4 is 28.8 Å². The molecule has 2 aromatic carbocycles. The highest BCUT2D eigenvalue weighted by Gasteiger charge is 2.31. The fourth-order valence-corrected chi connectivity index (χ4v) is 4.55. The maximum atomic E-state index is 13.2. The number of nitrogens with zero attached hydrogens (tertiary/aromatic N) is 4. The number of piperidine rings is 1. The van der Waals surface area contributed by atoms with Crippen molar-refractivity contribution in [1.29, 1.82) is 0 Å². The number of likely N-dealkylation sites (tertiary alicyclic amines) is 1. The number of carbonyl (C=O) groups is 2. The van der Waals surface area contributed by atoms with Crippen LogP contribution in [0, 0.1) is 0 Å². The van der Waals surface area contributed by atoms with E-state index in [1.165, 1.54) is 12.1 Å². The number of rotatable bonds is 7. The zero-order chi connectivity index (χ0) is 27.4. The number of benzene rings is 2. The number of aliphatic hydroxyl groups excluding tert-OH is 1. The molecule has 4 rings (SSSR count). The van der Waals surface area contributed by atoms with Crippen LogP contribution in [0.1, 0.15) is 40.4 Å². The molecule has 0 radical (unpaired) electrons. The van der Waals surface area contributed by atoms with Gasteiger partial charge in [0.05, 0.1) is 29.2 Å². The Labute approximate surface area is 218 Å². The van der Waals surface area contributed by atoms with E-state index in [4.69, 9.17) is 0 Å². The molecule has 0 saturated carbocycles. The molecule has 0 bridgehead atoms. The highest BCUT2D eigenvalue weighted by Crippen LogP contribution is 2.32. The van der Waals surface area contributed by atoms with E-state index < -0.39 is 17.6 Å². The van der Waals surface area contributed by atoms with Gasteiger partial charge in [-0.25, -0.2) is 4.98 Å². The number of hydrogen-bond donors (Lipinski definition) is 2. The number of amides is 2. The normalized spacial score (nSPS) is 16.5. The van der Waals surface area contributed by atoms with Crippen LogP contribution in [0.2, 0.25) is 0 Å². The Morgan fingerprint density at radius 1 is 1.21 bits per heavy atom. The molecule has 8 nitrogen and oxygen atoms in total. The summed E-state index contributed by atoms with van der Waals surface area (Å²) in [6.07, 6.45) is 0.218. The Morgan fingerprint density at radius 3 is 2.71 bits per heavy atom. The summed E-state index contributed by atoms with van der Waals surface area (Å²) in [6.45, 7) is 1.41. The van der Waals surface area contributed by atoms with Crippen LogP contribution in [0.4, 0.5) is 19.1 Å². The van der Waals surface area contributed by atoms with Crippen molar-refractivity contribution in [2.45, 2.75) is 31.7 Å². The molecule has 202 valence electrons. The number of alkyl halides is 3. The number of aliphatic hydroxyl groups is 1. The summed E-state index contributed by atoms with van der Waals surface area (Å²) < 4.78 is 41.4. The molecule has 0 aliphatic carbocycles. The molecular formula is C27H30F3N5O3. The number of nitrogens with one attached hydrogen (secondary N) is 1. The molecular weight excluding hydrogens is 499 g/mol. The van der Waals surface area contributed by atoms with Crippen molar-refractivity contribution in [3.63, 3.8) is 0 Å². The number of anilines is 1. The Kier molecular flexibility index (Phi) is 8.17. The van der Waals surface area contributed by atoms with E-state index in [0.717, 1.165) is 18.6 Å². The number of hydrogen-bond acceptors (Lipinski definition) is 5. The van der Waals surface area contributed by atoms with Gasteiger partial charge < -0.3 is 19.5 Å². The minimum absolute atomic E-state index is 0.113. The number of likely N-dealkylation sites (N-methyl/N-ethyl adjacent to an activating group) is 1. The fourth-order valence-electron chi connectivity index (χ4n) is 4.55. The van der Waals surface area contributed by atoms with E-state index in [1.54, 1.807) is 35.3 Å². The van der Waals surface area contributed by atoms with Gasteiger partial charge in [-0.05, 0) is 62.8 Å². The molecule has 1 saturated heterocycles. The van der Waals surface area contributed by atoms with Gasteiger partial charge in [-0.1, -0.05) is 18.2 Å². The second-order valence-corrected chi connectivity index (χ2v) is 9.56. The molecule has 2 N–H and O–H groups in total. The third-order valence-electron chi connectivity index (χ3n) is 6.42. The molecule has 2 amide bonds. The average molecular weight is 530 g/mol. The zero-order valence-electron chi connectivity index (χ0n) is 21.2. The number of halogens is 3. The quantitative estimate of drug-likeness (QED) is 0.450. The van der Waals surface area contributed by atoms with Crippen LogP contribution in [0.3, 0.4) is 0 Å². The van der Waals surface area contributed by atoms with E-state index in [0.29, 0.717) is 42.7 Å². The maximum Gasteiger partial charge on any atom is 0.416 e. The third kappa shape index (κ3) is 6.22. The number of imidazole rings is 1. The lowest BCUT2D eigenvalue weighted by Gasteiger charge is -2.34. The van der Waals surface area contributed by atoms with Crippen LogP contribution in [0.15, 0.2) is 54.6 Å². The highest BCUT2D eigenvalue weighted by molar-refractivity contribution is 6.04. The topological polar surface area (TPSA) is 90.7 Å². The molecule has 1 aliphatic heterocycles. The molecule has 11 heteroatoms. The summed E-state index contributed by atoms with van der Waals surface area (Å²) in [7, 11) is 3.82. The monoisotopic (exact) mass is 529 g/mol. The molecule has 3 aromatic rings. The molecule has 2 heterocycles. The lowest BCUT2D eigenvalue weighted by molar-refractivity contribution is -0.137.